The van der Waals surface area contributed by atoms with Gasteiger partial charge in [-0.2, -0.15) is 0 Å². The van der Waals surface area contributed by atoms with Crippen LogP contribution in [0.2, 0.25) is 0 Å². The molecule has 7 heteroatoms. The van der Waals surface area contributed by atoms with Crippen LogP contribution in [0, 0.1) is 10.1 Å². The Morgan fingerprint density at radius 1 is 1.30 bits per heavy atom. The van der Waals surface area contributed by atoms with Crippen molar-refractivity contribution in [3.63, 3.8) is 0 Å². The van der Waals surface area contributed by atoms with E-state index in [4.69, 9.17) is 4.74 Å². The van der Waals surface area contributed by atoms with E-state index in [0.29, 0.717) is 0 Å². The Hall–Kier alpha value is -2.96. The van der Waals surface area contributed by atoms with Crippen LogP contribution in [0.3, 0.4) is 0 Å². The van der Waals surface area contributed by atoms with E-state index < -0.39 is 11.0 Å². The summed E-state index contributed by atoms with van der Waals surface area (Å²) in [5, 5.41) is 12.9. The maximum Gasteiger partial charge on any atom is 0.413 e. The second kappa shape index (κ2) is 6.28. The lowest BCUT2D eigenvalue weighted by molar-refractivity contribution is -0.384. The number of aromatic nitrogens is 1. The molecule has 0 aliphatic rings. The summed E-state index contributed by atoms with van der Waals surface area (Å²) in [6.45, 7) is 0.113. The summed E-state index contributed by atoms with van der Waals surface area (Å²) >= 11 is 0. The first-order valence-corrected chi connectivity index (χ1v) is 5.73. The molecule has 0 aliphatic carbocycles. The fourth-order valence-corrected chi connectivity index (χ4v) is 1.47. The van der Waals surface area contributed by atoms with E-state index in [1.54, 1.807) is 0 Å². The maximum atomic E-state index is 11.5. The fourth-order valence-electron chi connectivity index (χ4n) is 1.47. The van der Waals surface area contributed by atoms with Gasteiger partial charge < -0.3 is 4.74 Å². The molecule has 0 aliphatic heterocycles. The van der Waals surface area contributed by atoms with Gasteiger partial charge in [-0.05, 0) is 5.56 Å². The van der Waals surface area contributed by atoms with Crippen LogP contribution in [-0.2, 0) is 11.3 Å². The minimum absolute atomic E-state index is 0.0669. The highest BCUT2D eigenvalue weighted by Gasteiger charge is 2.09. The smallest absolute Gasteiger partial charge is 0.413 e. The van der Waals surface area contributed by atoms with Crippen molar-refractivity contribution in [1.82, 2.24) is 4.98 Å². The molecule has 0 saturated heterocycles. The Kier molecular flexibility index (Phi) is 4.23. The largest absolute Gasteiger partial charge is 0.444 e. The summed E-state index contributed by atoms with van der Waals surface area (Å²) in [7, 11) is 0. The first-order chi connectivity index (χ1) is 9.65. The molecule has 20 heavy (non-hydrogen) atoms. The van der Waals surface area contributed by atoms with Crippen molar-refractivity contribution >= 4 is 17.6 Å². The molecule has 1 amide bonds. The minimum atomic E-state index is -0.721. The summed E-state index contributed by atoms with van der Waals surface area (Å²) in [6.07, 6.45) is 0.521. The highest BCUT2D eigenvalue weighted by atomic mass is 16.6. The van der Waals surface area contributed by atoms with Crippen LogP contribution < -0.4 is 5.32 Å². The number of amides is 1. The van der Waals surface area contributed by atoms with Crippen molar-refractivity contribution in [2.24, 2.45) is 0 Å². The first-order valence-electron chi connectivity index (χ1n) is 5.73. The second-order valence-electron chi connectivity index (χ2n) is 3.84. The lowest BCUT2D eigenvalue weighted by Gasteiger charge is -2.06. The highest BCUT2D eigenvalue weighted by molar-refractivity contribution is 5.83. The van der Waals surface area contributed by atoms with Gasteiger partial charge in [0.1, 0.15) is 12.4 Å². The number of anilines is 1. The van der Waals surface area contributed by atoms with Crippen LogP contribution in [0.5, 0.6) is 0 Å². The van der Waals surface area contributed by atoms with Crippen molar-refractivity contribution in [3.05, 3.63) is 64.3 Å². The van der Waals surface area contributed by atoms with Crippen molar-refractivity contribution in [1.29, 1.82) is 0 Å². The predicted molar refractivity (Wildman–Crippen MR) is 71.1 cm³/mol. The van der Waals surface area contributed by atoms with Gasteiger partial charge in [0.25, 0.3) is 5.69 Å². The van der Waals surface area contributed by atoms with Crippen LogP contribution in [-0.4, -0.2) is 16.0 Å². The summed E-state index contributed by atoms with van der Waals surface area (Å²) in [5.41, 5.74) is 0.688. The molecule has 2 rings (SSSR count). The third-order valence-corrected chi connectivity index (χ3v) is 2.40. The quantitative estimate of drug-likeness (QED) is 0.682. The van der Waals surface area contributed by atoms with E-state index in [0.717, 1.165) is 11.6 Å². The van der Waals surface area contributed by atoms with Crippen molar-refractivity contribution in [2.45, 2.75) is 6.61 Å². The monoisotopic (exact) mass is 273 g/mol. The molecule has 1 N–H and O–H groups in total. The number of ether oxygens (including phenoxy) is 1. The molecular weight excluding hydrogens is 262 g/mol. The molecule has 1 aromatic carbocycles. The zero-order chi connectivity index (χ0) is 14.4. The topological polar surface area (TPSA) is 94.4 Å². The van der Waals surface area contributed by atoms with Crippen LogP contribution in [0.1, 0.15) is 5.56 Å². The first kappa shape index (κ1) is 13.5. The number of pyridine rings is 1. The summed E-state index contributed by atoms with van der Waals surface area (Å²) in [4.78, 5) is 25.3. The van der Waals surface area contributed by atoms with E-state index in [9.17, 15) is 14.9 Å². The Labute approximate surface area is 114 Å². The van der Waals surface area contributed by atoms with Crippen LogP contribution in [0.25, 0.3) is 0 Å². The molecule has 102 valence electrons. The average molecular weight is 273 g/mol. The number of hydrogen-bond acceptors (Lipinski definition) is 5. The van der Waals surface area contributed by atoms with Gasteiger partial charge in [0, 0.05) is 12.3 Å². The van der Waals surface area contributed by atoms with Gasteiger partial charge >= 0.3 is 6.09 Å². The second-order valence-corrected chi connectivity index (χ2v) is 3.84. The number of nitrogens with zero attached hydrogens (tertiary/aromatic N) is 2. The lowest BCUT2D eigenvalue weighted by atomic mass is 10.2. The van der Waals surface area contributed by atoms with Crippen LogP contribution in [0.15, 0.2) is 48.7 Å². The fraction of sp³-hybridized carbons (Fsp3) is 0.0769. The number of nitro groups is 1. The number of carbonyl (C=O) groups excluding carboxylic acids is 1. The van der Waals surface area contributed by atoms with Gasteiger partial charge in [-0.25, -0.2) is 9.78 Å². The van der Waals surface area contributed by atoms with E-state index in [1.807, 2.05) is 30.3 Å². The van der Waals surface area contributed by atoms with Gasteiger partial charge in [0.05, 0.1) is 11.0 Å². The molecule has 0 atom stereocenters. The van der Waals surface area contributed by atoms with Gasteiger partial charge in [0.2, 0.25) is 0 Å². The standard InChI is InChI=1S/C13H11N3O4/c17-13(20-9-10-4-2-1-3-5-10)15-12-8-11(16(18)19)6-7-14-12/h1-8H,9H2,(H,14,15,17). The Bertz CT molecular complexity index is 616. The molecule has 1 aromatic heterocycles. The summed E-state index contributed by atoms with van der Waals surface area (Å²) in [5.74, 6) is 0.0669. The molecular formula is C13H11N3O4. The molecule has 0 radical (unpaired) electrons. The molecule has 7 nitrogen and oxygen atoms in total. The summed E-state index contributed by atoms with van der Waals surface area (Å²) < 4.78 is 4.97. The molecule has 2 aromatic rings. The SMILES string of the molecule is O=C(Nc1cc([N+](=O)[O-])ccn1)OCc1ccccc1. The molecule has 0 spiro atoms. The van der Waals surface area contributed by atoms with Gasteiger partial charge in [-0.3, -0.25) is 15.4 Å². The number of hydrogen-bond donors (Lipinski definition) is 1. The van der Waals surface area contributed by atoms with Crippen molar-refractivity contribution in [3.8, 4) is 0 Å². The van der Waals surface area contributed by atoms with E-state index in [2.05, 4.69) is 10.3 Å². The number of carbonyl (C=O) groups is 1. The minimum Gasteiger partial charge on any atom is -0.444 e. The molecule has 0 fully saturated rings. The average Bonchev–Trinajstić information content (AvgIpc) is 2.46. The zero-order valence-corrected chi connectivity index (χ0v) is 10.4. The highest BCUT2D eigenvalue weighted by Crippen LogP contribution is 2.14. The number of nitrogens with one attached hydrogen (secondary N) is 1. The van der Waals surface area contributed by atoms with Gasteiger partial charge in [-0.1, -0.05) is 30.3 Å². The van der Waals surface area contributed by atoms with E-state index >= 15 is 0 Å². The van der Waals surface area contributed by atoms with E-state index in [-0.39, 0.29) is 18.1 Å². The third-order valence-electron chi connectivity index (χ3n) is 2.40. The lowest BCUT2D eigenvalue weighted by Crippen LogP contribution is -2.14. The molecule has 1 heterocycles. The Balaban J connectivity index is 1.91. The molecule has 0 unspecified atom stereocenters. The van der Waals surface area contributed by atoms with Gasteiger partial charge in [0.15, 0.2) is 0 Å². The zero-order valence-electron chi connectivity index (χ0n) is 10.4. The molecule has 0 bridgehead atoms. The summed E-state index contributed by atoms with van der Waals surface area (Å²) in [6, 6.07) is 11.6. The number of rotatable bonds is 4. The molecule has 0 saturated carbocycles. The maximum absolute atomic E-state index is 11.5. The normalized spacial score (nSPS) is 9.80. The number of benzene rings is 1. The van der Waals surface area contributed by atoms with Crippen molar-refractivity contribution in [2.75, 3.05) is 5.32 Å². The Morgan fingerprint density at radius 2 is 2.05 bits per heavy atom. The van der Waals surface area contributed by atoms with Crippen LogP contribution >= 0.6 is 0 Å². The van der Waals surface area contributed by atoms with Crippen molar-refractivity contribution < 1.29 is 14.5 Å². The van der Waals surface area contributed by atoms with Gasteiger partial charge in [-0.15, -0.1) is 0 Å². The third kappa shape index (κ3) is 3.77. The Morgan fingerprint density at radius 3 is 2.75 bits per heavy atom. The van der Waals surface area contributed by atoms with Crippen LogP contribution in [0.4, 0.5) is 16.3 Å². The predicted octanol–water partition coefficient (Wildman–Crippen LogP) is 2.74. The van der Waals surface area contributed by atoms with E-state index in [1.165, 1.54) is 12.3 Å².